The third kappa shape index (κ3) is 4.59. The molecule has 0 bridgehead atoms. The molecule has 1 saturated heterocycles. The highest BCUT2D eigenvalue weighted by molar-refractivity contribution is 7.91. The number of sulfone groups is 1. The summed E-state index contributed by atoms with van der Waals surface area (Å²) in [5, 5.41) is 3.11. The number of nitrogens with one attached hydrogen (secondary N) is 1. The maximum Gasteiger partial charge on any atom is 0.251 e. The van der Waals surface area contributed by atoms with Crippen molar-refractivity contribution in [1.82, 2.24) is 10.2 Å². The third-order valence-corrected chi connectivity index (χ3v) is 6.94. The number of amides is 1. The van der Waals surface area contributed by atoms with E-state index in [0.717, 1.165) is 18.4 Å². The van der Waals surface area contributed by atoms with E-state index in [0.29, 0.717) is 37.7 Å². The molecular formula is C18H27N3O3S. The summed E-state index contributed by atoms with van der Waals surface area (Å²) < 4.78 is 23.0. The zero-order valence-electron chi connectivity index (χ0n) is 14.7. The van der Waals surface area contributed by atoms with E-state index in [9.17, 15) is 13.2 Å². The first-order chi connectivity index (χ1) is 11.8. The van der Waals surface area contributed by atoms with Gasteiger partial charge in [-0.1, -0.05) is 12.1 Å². The standard InChI is InChI=1S/C18H27N3O3S/c1-18(13-19,16-5-6-16)20-17(22)15-4-2-3-14(11-15)12-21-7-9-25(23,24)10-8-21/h2-4,11,16H,5-10,12-13,19H2,1H3,(H,20,22). The fourth-order valence-corrected chi connectivity index (χ4v) is 4.63. The highest BCUT2D eigenvalue weighted by Gasteiger charge is 2.41. The molecule has 3 N–H and O–H groups in total. The summed E-state index contributed by atoms with van der Waals surface area (Å²) in [7, 11) is -2.87. The quantitative estimate of drug-likeness (QED) is 0.777. The smallest absolute Gasteiger partial charge is 0.251 e. The summed E-state index contributed by atoms with van der Waals surface area (Å²) in [6, 6.07) is 7.55. The molecule has 7 heteroatoms. The Morgan fingerprint density at radius 3 is 2.60 bits per heavy atom. The zero-order chi connectivity index (χ0) is 18.1. The molecule has 1 aliphatic carbocycles. The second kappa shape index (κ2) is 7.05. The van der Waals surface area contributed by atoms with Gasteiger partial charge in [0.05, 0.1) is 17.0 Å². The van der Waals surface area contributed by atoms with E-state index in [4.69, 9.17) is 5.73 Å². The van der Waals surface area contributed by atoms with Crippen LogP contribution in [-0.4, -0.2) is 55.9 Å². The lowest BCUT2D eigenvalue weighted by Gasteiger charge is -2.30. The van der Waals surface area contributed by atoms with Crippen LogP contribution in [0, 0.1) is 5.92 Å². The molecule has 1 unspecified atom stereocenters. The summed E-state index contributed by atoms with van der Waals surface area (Å²) >= 11 is 0. The van der Waals surface area contributed by atoms with Crippen molar-refractivity contribution in [2.75, 3.05) is 31.1 Å². The first-order valence-electron chi connectivity index (χ1n) is 8.86. The summed E-state index contributed by atoms with van der Waals surface area (Å²) in [6.45, 7) is 4.21. The molecule has 0 spiro atoms. The van der Waals surface area contributed by atoms with Gasteiger partial charge in [0, 0.05) is 31.7 Å². The summed E-state index contributed by atoms with van der Waals surface area (Å²) in [5.74, 6) is 0.801. The van der Waals surface area contributed by atoms with E-state index in [1.807, 2.05) is 31.2 Å². The molecule has 25 heavy (non-hydrogen) atoms. The highest BCUT2D eigenvalue weighted by Crippen LogP contribution is 2.39. The van der Waals surface area contributed by atoms with E-state index in [2.05, 4.69) is 10.2 Å². The number of rotatable bonds is 6. The SMILES string of the molecule is CC(CN)(NC(=O)c1cccc(CN2CCS(=O)(=O)CC2)c1)C1CC1. The van der Waals surface area contributed by atoms with Gasteiger partial charge in [-0.2, -0.15) is 0 Å². The molecule has 0 radical (unpaired) electrons. The van der Waals surface area contributed by atoms with Crippen LogP contribution in [0.4, 0.5) is 0 Å². The zero-order valence-corrected chi connectivity index (χ0v) is 15.5. The number of benzene rings is 1. The Labute approximate surface area is 149 Å². The van der Waals surface area contributed by atoms with Crippen molar-refractivity contribution < 1.29 is 13.2 Å². The number of hydrogen-bond donors (Lipinski definition) is 2. The average Bonchev–Trinajstić information content (AvgIpc) is 3.42. The fraction of sp³-hybridized carbons (Fsp3) is 0.611. The van der Waals surface area contributed by atoms with Crippen LogP contribution in [0.25, 0.3) is 0 Å². The van der Waals surface area contributed by atoms with E-state index < -0.39 is 9.84 Å². The summed E-state index contributed by atoms with van der Waals surface area (Å²) in [4.78, 5) is 14.7. The number of hydrogen-bond acceptors (Lipinski definition) is 5. The molecule has 6 nitrogen and oxygen atoms in total. The van der Waals surface area contributed by atoms with Gasteiger partial charge in [-0.25, -0.2) is 8.42 Å². The van der Waals surface area contributed by atoms with Crippen molar-refractivity contribution in [1.29, 1.82) is 0 Å². The van der Waals surface area contributed by atoms with Crippen LogP contribution in [-0.2, 0) is 16.4 Å². The lowest BCUT2D eigenvalue weighted by atomic mass is 9.95. The molecular weight excluding hydrogens is 338 g/mol. The predicted molar refractivity (Wildman–Crippen MR) is 98.0 cm³/mol. The molecule has 138 valence electrons. The minimum Gasteiger partial charge on any atom is -0.345 e. The van der Waals surface area contributed by atoms with Crippen LogP contribution >= 0.6 is 0 Å². The molecule has 1 heterocycles. The molecule has 1 atom stereocenters. The minimum absolute atomic E-state index is 0.0945. The summed E-state index contributed by atoms with van der Waals surface area (Å²) in [5.41, 5.74) is 7.19. The lowest BCUT2D eigenvalue weighted by Crippen LogP contribution is -2.53. The van der Waals surface area contributed by atoms with Gasteiger partial charge >= 0.3 is 0 Å². The second-order valence-electron chi connectivity index (χ2n) is 7.48. The van der Waals surface area contributed by atoms with Gasteiger partial charge in [-0.05, 0) is 43.4 Å². The van der Waals surface area contributed by atoms with Crippen molar-refractivity contribution in [2.24, 2.45) is 11.7 Å². The average molecular weight is 365 g/mol. The van der Waals surface area contributed by atoms with Crippen LogP contribution < -0.4 is 11.1 Å². The predicted octanol–water partition coefficient (Wildman–Crippen LogP) is 0.774. The Morgan fingerprint density at radius 2 is 2.00 bits per heavy atom. The van der Waals surface area contributed by atoms with Gasteiger partial charge in [0.2, 0.25) is 0 Å². The Hall–Kier alpha value is -1.44. The number of nitrogens with zero attached hydrogens (tertiary/aromatic N) is 1. The number of carbonyl (C=O) groups is 1. The monoisotopic (exact) mass is 365 g/mol. The van der Waals surface area contributed by atoms with Gasteiger partial charge in [-0.15, -0.1) is 0 Å². The summed E-state index contributed by atoms with van der Waals surface area (Å²) in [6.07, 6.45) is 2.23. The largest absolute Gasteiger partial charge is 0.345 e. The van der Waals surface area contributed by atoms with E-state index in [1.54, 1.807) is 0 Å². The minimum atomic E-state index is -2.87. The van der Waals surface area contributed by atoms with Crippen LogP contribution in [0.3, 0.4) is 0 Å². The number of nitrogens with two attached hydrogens (primary N) is 1. The molecule has 2 fully saturated rings. The third-order valence-electron chi connectivity index (χ3n) is 5.33. The van der Waals surface area contributed by atoms with Gasteiger partial charge < -0.3 is 11.1 Å². The van der Waals surface area contributed by atoms with Gasteiger partial charge in [0.25, 0.3) is 5.91 Å². The van der Waals surface area contributed by atoms with E-state index in [1.165, 1.54) is 0 Å². The molecule has 3 rings (SSSR count). The van der Waals surface area contributed by atoms with Crippen molar-refractivity contribution in [2.45, 2.75) is 31.8 Å². The van der Waals surface area contributed by atoms with Crippen LogP contribution in [0.1, 0.15) is 35.7 Å². The Morgan fingerprint density at radius 1 is 1.32 bits per heavy atom. The molecule has 0 aromatic heterocycles. The van der Waals surface area contributed by atoms with Crippen molar-refractivity contribution in [3.63, 3.8) is 0 Å². The Balaban J connectivity index is 1.64. The Bertz CT molecular complexity index is 732. The highest BCUT2D eigenvalue weighted by atomic mass is 32.2. The fourth-order valence-electron chi connectivity index (χ4n) is 3.35. The molecule has 1 aromatic rings. The second-order valence-corrected chi connectivity index (χ2v) is 9.78. The van der Waals surface area contributed by atoms with Gasteiger partial charge in [-0.3, -0.25) is 9.69 Å². The van der Waals surface area contributed by atoms with Gasteiger partial charge in [0.1, 0.15) is 0 Å². The normalized spacial score (nSPS) is 23.0. The first kappa shape index (κ1) is 18.4. The van der Waals surface area contributed by atoms with Crippen LogP contribution in [0.2, 0.25) is 0 Å². The maximum atomic E-state index is 12.6. The lowest BCUT2D eigenvalue weighted by molar-refractivity contribution is 0.0897. The molecule has 1 aromatic carbocycles. The number of carbonyl (C=O) groups excluding carboxylic acids is 1. The van der Waals surface area contributed by atoms with Gasteiger partial charge in [0.15, 0.2) is 9.84 Å². The van der Waals surface area contributed by atoms with Crippen LogP contribution in [0.15, 0.2) is 24.3 Å². The van der Waals surface area contributed by atoms with Crippen LogP contribution in [0.5, 0.6) is 0 Å². The van der Waals surface area contributed by atoms with Crippen molar-refractivity contribution in [3.05, 3.63) is 35.4 Å². The molecule has 1 amide bonds. The van der Waals surface area contributed by atoms with E-state index >= 15 is 0 Å². The molecule has 1 aliphatic heterocycles. The van der Waals surface area contributed by atoms with E-state index in [-0.39, 0.29) is 23.0 Å². The maximum absolute atomic E-state index is 12.6. The first-order valence-corrected chi connectivity index (χ1v) is 10.7. The molecule has 1 saturated carbocycles. The Kier molecular flexibility index (Phi) is 5.18. The van der Waals surface area contributed by atoms with Crippen molar-refractivity contribution >= 4 is 15.7 Å². The topological polar surface area (TPSA) is 92.5 Å². The molecule has 2 aliphatic rings. The van der Waals surface area contributed by atoms with Crippen molar-refractivity contribution in [3.8, 4) is 0 Å².